The highest BCUT2D eigenvalue weighted by Crippen LogP contribution is 2.35. The number of aldehydes is 1. The van der Waals surface area contributed by atoms with E-state index in [0.29, 0.717) is 76.1 Å². The van der Waals surface area contributed by atoms with Crippen LogP contribution in [0.5, 0.6) is 5.75 Å². The third kappa shape index (κ3) is 10.8. The number of nitrogens with two attached hydrogens (primary N) is 3. The highest BCUT2D eigenvalue weighted by molar-refractivity contribution is 7.86. The molecule has 2 saturated heterocycles. The number of piperidine rings is 1. The fourth-order valence-corrected chi connectivity index (χ4v) is 7.77. The van der Waals surface area contributed by atoms with Gasteiger partial charge in [0.2, 0.25) is 11.8 Å². The monoisotopic (exact) mass is 818 g/mol. The van der Waals surface area contributed by atoms with E-state index in [2.05, 4.69) is 30.1 Å². The number of benzene rings is 2. The van der Waals surface area contributed by atoms with E-state index < -0.39 is 27.5 Å². The van der Waals surface area contributed by atoms with Gasteiger partial charge in [-0.25, -0.2) is 15.0 Å². The molecule has 0 radical (unpaired) electrons. The van der Waals surface area contributed by atoms with Crippen LogP contribution in [0.1, 0.15) is 63.4 Å². The quantitative estimate of drug-likeness (QED) is 0.0482. The molecule has 2 aromatic carbocycles. The predicted molar refractivity (Wildman–Crippen MR) is 222 cm³/mol. The number of fused-ring (bicyclic) bond motifs is 2. The highest BCUT2D eigenvalue weighted by Gasteiger charge is 2.39. The van der Waals surface area contributed by atoms with Crippen LogP contribution >= 0.6 is 0 Å². The summed E-state index contributed by atoms with van der Waals surface area (Å²) in [6.45, 7) is 16.1. The summed E-state index contributed by atoms with van der Waals surface area (Å²) in [5.74, 6) is 0.295. The number of amides is 3. The maximum atomic E-state index is 13.6. The van der Waals surface area contributed by atoms with Crippen molar-refractivity contribution < 1.29 is 32.9 Å². The van der Waals surface area contributed by atoms with Crippen molar-refractivity contribution in [2.24, 2.45) is 16.5 Å². The summed E-state index contributed by atoms with van der Waals surface area (Å²) in [4.78, 5) is 65.6. The van der Waals surface area contributed by atoms with Crippen molar-refractivity contribution in [3.05, 3.63) is 59.1 Å². The van der Waals surface area contributed by atoms with Gasteiger partial charge in [0.1, 0.15) is 43.5 Å². The molecule has 2 atom stereocenters. The van der Waals surface area contributed by atoms with E-state index in [1.165, 1.54) is 11.2 Å². The first-order valence-corrected chi connectivity index (χ1v) is 20.3. The number of nitrogens with one attached hydrogen (secondary N) is 1. The summed E-state index contributed by atoms with van der Waals surface area (Å²) in [5.41, 5.74) is 21.6. The minimum Gasteiger partial charge on any atom is -0.491 e. The van der Waals surface area contributed by atoms with Gasteiger partial charge in [-0.15, -0.1) is 0 Å². The summed E-state index contributed by atoms with van der Waals surface area (Å²) in [5, 5.41) is 2.90. The van der Waals surface area contributed by atoms with Crippen molar-refractivity contribution in [2.45, 2.75) is 69.7 Å². The Balaban J connectivity index is 0.000000279. The van der Waals surface area contributed by atoms with Crippen molar-refractivity contribution in [3.8, 4) is 5.75 Å². The van der Waals surface area contributed by atoms with Gasteiger partial charge in [-0.1, -0.05) is 6.07 Å². The summed E-state index contributed by atoms with van der Waals surface area (Å²) in [7, 11) is -1.37. The molecule has 2 unspecified atom stereocenters. The SMILES string of the molecule is C/C(N)=C(\C)C(N)=Nc1ncnc2cc(OCCN3CCN(CCOCC=O)CC3)c(S(=O)C(C)(C)C)cc12.Nc1cccc2c1CN(C1CCC(=O)NC1=O)C2=O. The van der Waals surface area contributed by atoms with Gasteiger partial charge in [-0.05, 0) is 59.2 Å². The van der Waals surface area contributed by atoms with Crippen LogP contribution in [-0.4, -0.2) is 129 Å². The minimum atomic E-state index is -1.37. The first-order chi connectivity index (χ1) is 27.6. The molecule has 3 aliphatic rings. The van der Waals surface area contributed by atoms with Crippen LogP contribution in [-0.2, 0) is 36.5 Å². The summed E-state index contributed by atoms with van der Waals surface area (Å²) in [6.07, 6.45) is 2.82. The summed E-state index contributed by atoms with van der Waals surface area (Å²) in [6, 6.07) is 8.19. The molecule has 7 N–H and O–H groups in total. The van der Waals surface area contributed by atoms with E-state index in [4.69, 9.17) is 26.7 Å². The maximum absolute atomic E-state index is 13.6. The number of nitrogens with zero attached hydrogens (tertiary/aromatic N) is 6. The lowest BCUT2D eigenvalue weighted by Gasteiger charge is -2.34. The van der Waals surface area contributed by atoms with Crippen molar-refractivity contribution in [3.63, 3.8) is 0 Å². The number of hydrogen-bond acceptors (Lipinski definition) is 14. The zero-order chi connectivity index (χ0) is 42.1. The lowest BCUT2D eigenvalue weighted by molar-refractivity contribution is -0.137. The number of imide groups is 1. The molecule has 0 aliphatic carbocycles. The number of amidine groups is 1. The first-order valence-electron chi connectivity index (χ1n) is 19.2. The Morgan fingerprint density at radius 2 is 1.72 bits per heavy atom. The molecular weight excluding hydrogens is 765 g/mol. The van der Waals surface area contributed by atoms with Gasteiger partial charge in [0, 0.05) is 96.5 Å². The molecule has 58 heavy (non-hydrogen) atoms. The van der Waals surface area contributed by atoms with Gasteiger partial charge >= 0.3 is 0 Å². The number of carbonyl (C=O) groups excluding carboxylic acids is 4. The minimum absolute atomic E-state index is 0.147. The largest absolute Gasteiger partial charge is 0.491 e. The van der Waals surface area contributed by atoms with Gasteiger partial charge in [0.15, 0.2) is 5.82 Å². The zero-order valence-corrected chi connectivity index (χ0v) is 34.6. The van der Waals surface area contributed by atoms with Crippen LogP contribution in [0.25, 0.3) is 10.9 Å². The third-order valence-electron chi connectivity index (χ3n) is 10.1. The topological polar surface area (TPSA) is 242 Å². The molecule has 3 amide bonds. The van der Waals surface area contributed by atoms with E-state index in [1.807, 2.05) is 20.8 Å². The molecule has 17 nitrogen and oxygen atoms in total. The van der Waals surface area contributed by atoms with Crippen LogP contribution in [0, 0.1) is 0 Å². The Morgan fingerprint density at radius 3 is 2.34 bits per heavy atom. The van der Waals surface area contributed by atoms with Crippen LogP contribution in [0.15, 0.2) is 57.8 Å². The smallest absolute Gasteiger partial charge is 0.255 e. The number of piperazine rings is 1. The molecule has 0 spiro atoms. The van der Waals surface area contributed by atoms with Crippen molar-refractivity contribution in [1.82, 2.24) is 30.0 Å². The average molecular weight is 819 g/mol. The van der Waals surface area contributed by atoms with E-state index in [1.54, 1.807) is 44.2 Å². The predicted octanol–water partition coefficient (Wildman–Crippen LogP) is 2.02. The maximum Gasteiger partial charge on any atom is 0.255 e. The third-order valence-corrected chi connectivity index (χ3v) is 12.0. The number of aliphatic imine (C=N–C) groups is 1. The number of nitrogen functional groups attached to an aromatic ring is 1. The number of hydrogen-bond donors (Lipinski definition) is 4. The Labute approximate surface area is 340 Å². The Hall–Kier alpha value is -5.30. The number of ether oxygens (including phenoxy) is 2. The Kier molecular flexibility index (Phi) is 14.7. The molecule has 4 heterocycles. The van der Waals surface area contributed by atoms with Crippen LogP contribution in [0.3, 0.4) is 0 Å². The van der Waals surface area contributed by atoms with E-state index >= 15 is 0 Å². The second-order valence-electron chi connectivity index (χ2n) is 15.2. The van der Waals surface area contributed by atoms with Crippen molar-refractivity contribution in [1.29, 1.82) is 0 Å². The van der Waals surface area contributed by atoms with Gasteiger partial charge in [-0.3, -0.25) is 33.7 Å². The number of carbonyl (C=O) groups is 4. The molecular formula is C40H54N10O7S. The van der Waals surface area contributed by atoms with E-state index in [-0.39, 0.29) is 30.7 Å². The fraction of sp³-hybridized carbons (Fsp3) is 0.475. The Morgan fingerprint density at radius 1 is 1.03 bits per heavy atom. The summed E-state index contributed by atoms with van der Waals surface area (Å²) < 4.78 is 24.5. The number of allylic oxidation sites excluding steroid dienone is 1. The van der Waals surface area contributed by atoms with Crippen molar-refractivity contribution in [2.75, 3.05) is 64.8 Å². The molecule has 0 bridgehead atoms. The van der Waals surface area contributed by atoms with E-state index in [0.717, 1.165) is 51.1 Å². The number of anilines is 1. The average Bonchev–Trinajstić information content (AvgIpc) is 3.52. The normalized spacial score (nSPS) is 18.9. The number of rotatable bonds is 13. The van der Waals surface area contributed by atoms with Crippen LogP contribution in [0.4, 0.5) is 11.5 Å². The Bertz CT molecular complexity index is 2110. The van der Waals surface area contributed by atoms with Crippen LogP contribution in [0.2, 0.25) is 0 Å². The number of aromatic nitrogens is 2. The lowest BCUT2D eigenvalue weighted by atomic mass is 10.0. The molecule has 312 valence electrons. The highest BCUT2D eigenvalue weighted by atomic mass is 32.2. The molecule has 3 aromatic rings. The molecule has 2 fully saturated rings. The molecule has 18 heteroatoms. The van der Waals surface area contributed by atoms with Gasteiger partial charge in [-0.2, -0.15) is 0 Å². The van der Waals surface area contributed by atoms with Gasteiger partial charge in [0.25, 0.3) is 5.91 Å². The summed E-state index contributed by atoms with van der Waals surface area (Å²) >= 11 is 0. The van der Waals surface area contributed by atoms with Crippen LogP contribution < -0.4 is 27.3 Å². The van der Waals surface area contributed by atoms with Crippen molar-refractivity contribution >= 4 is 63.1 Å². The molecule has 1 aromatic heterocycles. The molecule has 6 rings (SSSR count). The first kappa shape index (κ1) is 43.8. The zero-order valence-electron chi connectivity index (χ0n) is 33.8. The second-order valence-corrected chi connectivity index (χ2v) is 17.4. The van der Waals surface area contributed by atoms with Gasteiger partial charge < -0.3 is 36.4 Å². The fourth-order valence-electron chi connectivity index (χ4n) is 6.58. The lowest BCUT2D eigenvalue weighted by Crippen LogP contribution is -2.52. The van der Waals surface area contributed by atoms with E-state index in [9.17, 15) is 23.4 Å². The standard InChI is InChI=1S/C27H41N7O4S.C13H13N3O3/c1-19(20(2)28)25(29)32-26-21-16-24(39(36)27(3,4)5)23(17-22(21)30-18-31-26)38-14-11-34-8-6-33(7-9-34)10-13-37-15-12-35;14-9-3-1-2-7-8(9)6-16(13(7)19)10-4-5-11(17)15-12(10)18/h12,16-18H,6-11,13-15,28H2,1-5H3,(H2,29,30,31,32);1-3,10H,4-6,14H2,(H,15,17,18)/b20-19-;. The second kappa shape index (κ2) is 19.4. The van der Waals surface area contributed by atoms with Gasteiger partial charge in [0.05, 0.1) is 27.8 Å². The molecule has 0 saturated carbocycles. The molecule has 3 aliphatic heterocycles.